The number of ether oxygens (including phenoxy) is 2. The Morgan fingerprint density at radius 2 is 1.86 bits per heavy atom. The summed E-state index contributed by atoms with van der Waals surface area (Å²) in [5.41, 5.74) is 0.551. The molecule has 2 bridgehead atoms. The van der Waals surface area contributed by atoms with Crippen molar-refractivity contribution < 1.29 is 14.3 Å². The highest BCUT2D eigenvalue weighted by Crippen LogP contribution is 2.34. The van der Waals surface area contributed by atoms with Crippen molar-refractivity contribution in [3.63, 3.8) is 0 Å². The van der Waals surface area contributed by atoms with Crippen LogP contribution in [0.5, 0.6) is 11.5 Å². The van der Waals surface area contributed by atoms with Gasteiger partial charge in [0.2, 0.25) is 0 Å². The molecule has 28 heavy (non-hydrogen) atoms. The lowest BCUT2D eigenvalue weighted by Gasteiger charge is -2.34. The molecular formula is C22H27N3O3. The third-order valence-electron chi connectivity index (χ3n) is 5.08. The molecule has 2 atom stereocenters. The molecule has 1 aromatic heterocycles. The third kappa shape index (κ3) is 4.21. The zero-order valence-electron chi connectivity index (χ0n) is 16.7. The molecule has 2 fully saturated rings. The molecule has 0 N–H and O–H groups in total. The van der Waals surface area contributed by atoms with E-state index >= 15 is 0 Å². The zero-order chi connectivity index (χ0) is 19.7. The summed E-state index contributed by atoms with van der Waals surface area (Å²) in [6.07, 6.45) is 4.41. The molecular weight excluding hydrogens is 354 g/mol. The highest BCUT2D eigenvalue weighted by atomic mass is 16.6. The number of benzene rings is 1. The first-order chi connectivity index (χ1) is 13.4. The number of pyridine rings is 1. The van der Waals surface area contributed by atoms with E-state index in [2.05, 4.69) is 9.88 Å². The molecule has 3 heterocycles. The molecule has 148 valence electrons. The molecule has 0 radical (unpaired) electrons. The SMILES string of the molecule is CC(C)(C)OC(=O)N1CC2CC1CN(c1cncc(Oc3ccccc3)c1)C2. The van der Waals surface area contributed by atoms with Crippen molar-refractivity contribution in [3.05, 3.63) is 48.8 Å². The lowest BCUT2D eigenvalue weighted by Crippen LogP contribution is -2.45. The number of para-hydroxylation sites is 1. The van der Waals surface area contributed by atoms with Gasteiger partial charge in [-0.25, -0.2) is 4.79 Å². The highest BCUT2D eigenvalue weighted by molar-refractivity contribution is 5.69. The maximum atomic E-state index is 12.6. The summed E-state index contributed by atoms with van der Waals surface area (Å²) < 4.78 is 11.5. The summed E-state index contributed by atoms with van der Waals surface area (Å²) >= 11 is 0. The maximum absolute atomic E-state index is 12.6. The molecule has 2 unspecified atom stereocenters. The molecule has 2 aliphatic rings. The summed E-state index contributed by atoms with van der Waals surface area (Å²) in [5, 5.41) is 0. The molecule has 6 heteroatoms. The second-order valence-electron chi connectivity index (χ2n) is 8.59. The van der Waals surface area contributed by atoms with E-state index < -0.39 is 5.60 Å². The average Bonchev–Trinajstić information content (AvgIpc) is 2.95. The Hall–Kier alpha value is -2.76. The Kier molecular flexibility index (Phi) is 4.87. The van der Waals surface area contributed by atoms with Gasteiger partial charge in [-0.2, -0.15) is 0 Å². The van der Waals surface area contributed by atoms with Crippen LogP contribution in [0, 0.1) is 5.92 Å². The lowest BCUT2D eigenvalue weighted by molar-refractivity contribution is 0.0233. The van der Waals surface area contributed by atoms with Crippen LogP contribution < -0.4 is 9.64 Å². The number of carbonyl (C=O) groups excluding carboxylic acids is 1. The van der Waals surface area contributed by atoms with Crippen LogP contribution in [0.25, 0.3) is 0 Å². The fraction of sp³-hybridized carbons (Fsp3) is 0.455. The van der Waals surface area contributed by atoms with E-state index in [1.807, 2.05) is 68.3 Å². The molecule has 4 rings (SSSR count). The van der Waals surface area contributed by atoms with Crippen LogP contribution in [-0.4, -0.2) is 47.3 Å². The molecule has 2 aliphatic heterocycles. The van der Waals surface area contributed by atoms with E-state index in [0.29, 0.717) is 11.7 Å². The van der Waals surface area contributed by atoms with Crippen molar-refractivity contribution in [2.45, 2.75) is 38.8 Å². The molecule has 0 aliphatic carbocycles. The number of amides is 1. The number of carbonyl (C=O) groups is 1. The van der Waals surface area contributed by atoms with Gasteiger partial charge in [0.05, 0.1) is 24.1 Å². The Morgan fingerprint density at radius 1 is 1.07 bits per heavy atom. The fourth-order valence-electron chi connectivity index (χ4n) is 3.98. The zero-order valence-corrected chi connectivity index (χ0v) is 16.7. The van der Waals surface area contributed by atoms with Crippen molar-refractivity contribution >= 4 is 11.8 Å². The number of aromatic nitrogens is 1. The fourth-order valence-corrected chi connectivity index (χ4v) is 3.98. The summed E-state index contributed by atoms with van der Waals surface area (Å²) in [4.78, 5) is 21.1. The van der Waals surface area contributed by atoms with Crippen molar-refractivity contribution in [2.24, 2.45) is 5.92 Å². The molecule has 6 nitrogen and oxygen atoms in total. The predicted octanol–water partition coefficient (Wildman–Crippen LogP) is 4.32. The molecule has 0 saturated carbocycles. The Morgan fingerprint density at radius 3 is 2.61 bits per heavy atom. The van der Waals surface area contributed by atoms with Gasteiger partial charge in [0, 0.05) is 25.7 Å². The van der Waals surface area contributed by atoms with Crippen LogP contribution in [0.1, 0.15) is 27.2 Å². The van der Waals surface area contributed by atoms with E-state index in [1.54, 1.807) is 6.20 Å². The quantitative estimate of drug-likeness (QED) is 0.793. The van der Waals surface area contributed by atoms with Crippen LogP contribution in [0.2, 0.25) is 0 Å². The van der Waals surface area contributed by atoms with Crippen molar-refractivity contribution in [2.75, 3.05) is 24.5 Å². The van der Waals surface area contributed by atoms with E-state index in [9.17, 15) is 4.79 Å². The van der Waals surface area contributed by atoms with Gasteiger partial charge in [-0.05, 0) is 45.2 Å². The predicted molar refractivity (Wildman–Crippen MR) is 108 cm³/mol. The molecule has 0 spiro atoms. The molecule has 1 amide bonds. The van der Waals surface area contributed by atoms with E-state index in [0.717, 1.165) is 37.5 Å². The smallest absolute Gasteiger partial charge is 0.410 e. The van der Waals surface area contributed by atoms with E-state index in [4.69, 9.17) is 9.47 Å². The highest BCUT2D eigenvalue weighted by Gasteiger charge is 2.42. The third-order valence-corrected chi connectivity index (χ3v) is 5.08. The summed E-state index contributed by atoms with van der Waals surface area (Å²) in [7, 11) is 0. The van der Waals surface area contributed by atoms with E-state index in [1.165, 1.54) is 0 Å². The van der Waals surface area contributed by atoms with Crippen molar-refractivity contribution in [3.8, 4) is 11.5 Å². The molecule has 2 saturated heterocycles. The number of piperidine rings is 1. The van der Waals surface area contributed by atoms with Crippen LogP contribution >= 0.6 is 0 Å². The maximum Gasteiger partial charge on any atom is 0.410 e. The second kappa shape index (κ2) is 7.34. The van der Waals surface area contributed by atoms with Crippen LogP contribution in [0.3, 0.4) is 0 Å². The lowest BCUT2D eigenvalue weighted by atomic mass is 9.99. The van der Waals surface area contributed by atoms with Gasteiger partial charge >= 0.3 is 6.09 Å². The van der Waals surface area contributed by atoms with Crippen molar-refractivity contribution in [1.82, 2.24) is 9.88 Å². The van der Waals surface area contributed by atoms with Gasteiger partial charge in [0.15, 0.2) is 0 Å². The number of hydrogen-bond acceptors (Lipinski definition) is 5. The van der Waals surface area contributed by atoms with Gasteiger partial charge in [0.25, 0.3) is 0 Å². The summed E-state index contributed by atoms with van der Waals surface area (Å²) in [6.45, 7) is 8.16. The summed E-state index contributed by atoms with van der Waals surface area (Å²) in [5.74, 6) is 1.95. The Labute approximate surface area is 166 Å². The number of nitrogens with zero attached hydrogens (tertiary/aromatic N) is 3. The topological polar surface area (TPSA) is 54.9 Å². The van der Waals surface area contributed by atoms with Crippen LogP contribution in [0.15, 0.2) is 48.8 Å². The largest absolute Gasteiger partial charge is 0.456 e. The Bertz CT molecular complexity index is 834. The minimum absolute atomic E-state index is 0.173. The number of rotatable bonds is 3. The van der Waals surface area contributed by atoms with Gasteiger partial charge < -0.3 is 19.3 Å². The number of anilines is 1. The van der Waals surface area contributed by atoms with Gasteiger partial charge in [0.1, 0.15) is 17.1 Å². The second-order valence-corrected chi connectivity index (χ2v) is 8.59. The Balaban J connectivity index is 1.45. The number of hydrogen-bond donors (Lipinski definition) is 0. The first-order valence-electron chi connectivity index (χ1n) is 9.80. The minimum Gasteiger partial charge on any atom is -0.456 e. The van der Waals surface area contributed by atoms with Gasteiger partial charge in [-0.1, -0.05) is 18.2 Å². The van der Waals surface area contributed by atoms with Crippen molar-refractivity contribution in [1.29, 1.82) is 0 Å². The van der Waals surface area contributed by atoms with E-state index in [-0.39, 0.29) is 12.1 Å². The number of fused-ring (bicyclic) bond motifs is 2. The standard InChI is InChI=1S/C22H27N3O3/c1-22(2,3)28-21(26)25-14-16-9-18(25)15-24(13-16)17-10-20(12-23-11-17)27-19-7-5-4-6-8-19/h4-8,10-12,16,18H,9,13-15H2,1-3H3. The average molecular weight is 381 g/mol. The summed E-state index contributed by atoms with van der Waals surface area (Å²) in [6, 6.07) is 11.9. The molecule has 2 aromatic rings. The van der Waals surface area contributed by atoms with Crippen LogP contribution in [0.4, 0.5) is 10.5 Å². The minimum atomic E-state index is -0.472. The molecule has 1 aromatic carbocycles. The first-order valence-corrected chi connectivity index (χ1v) is 9.80. The van der Waals surface area contributed by atoms with Crippen LogP contribution in [-0.2, 0) is 4.74 Å². The van der Waals surface area contributed by atoms with Gasteiger partial charge in [-0.3, -0.25) is 4.98 Å². The first kappa shape index (κ1) is 18.6. The normalized spacial score (nSPS) is 21.5. The monoisotopic (exact) mass is 381 g/mol. The van der Waals surface area contributed by atoms with Gasteiger partial charge in [-0.15, -0.1) is 0 Å². The number of likely N-dealkylation sites (tertiary alicyclic amines) is 1.